The summed E-state index contributed by atoms with van der Waals surface area (Å²) in [5, 5.41) is 4.73. The van der Waals surface area contributed by atoms with Crippen LogP contribution in [-0.2, 0) is 26.5 Å². The van der Waals surface area contributed by atoms with Gasteiger partial charge in [-0.1, -0.05) is 0 Å². The first-order valence-corrected chi connectivity index (χ1v) is 32.7. The van der Waals surface area contributed by atoms with Gasteiger partial charge in [0.15, 0.2) is 0 Å². The fourth-order valence-electron chi connectivity index (χ4n) is 8.59. The number of benzene rings is 6. The standard InChI is InChI=1S/C21H14.C21H25.C5H5.2ClH.Hf/c1-3-13-20-16(7-1)9-5-11-18(20)15-19-12-6-10-17-8-2-4-14-21(17)19;1-20(2,3)16-9-7-14-11-15-8-10-17(21(4,5)6)13-19(15)18(14)12-16;1-2-4-5-3-1;;;/h1-14H;7-13H,1-6H3;1-5H;2*1H;/q;;;;;+2/p-2. The van der Waals surface area contributed by atoms with Gasteiger partial charge < -0.3 is 0 Å². The summed E-state index contributed by atoms with van der Waals surface area (Å²) in [6.45, 7) is 13.8. The fourth-order valence-corrected chi connectivity index (χ4v) is 36.3. The third-order valence-corrected chi connectivity index (χ3v) is 39.2. The molecule has 50 heavy (non-hydrogen) atoms. The number of halogens is 2. The minimum absolute atomic E-state index is 0.00417. The normalized spacial score (nSPS) is 15.2. The summed E-state index contributed by atoms with van der Waals surface area (Å²) in [4.78, 5) is 0. The van der Waals surface area contributed by atoms with Gasteiger partial charge in [0, 0.05) is 0 Å². The molecule has 0 radical (unpaired) electrons. The van der Waals surface area contributed by atoms with E-state index in [2.05, 4.69) is 187 Å². The van der Waals surface area contributed by atoms with Crippen molar-refractivity contribution in [2.45, 2.75) is 59.7 Å². The van der Waals surface area contributed by atoms with Crippen molar-refractivity contribution in [3.05, 3.63) is 179 Å². The van der Waals surface area contributed by atoms with Gasteiger partial charge in [-0.05, 0) is 0 Å². The van der Waals surface area contributed by atoms with E-state index < -0.39 is 15.7 Å². The molecular weight excluding hydrogens is 814 g/mol. The van der Waals surface area contributed by atoms with E-state index in [1.54, 1.807) is 0 Å². The van der Waals surface area contributed by atoms with Crippen LogP contribution in [0.2, 0.25) is 3.67 Å². The molecule has 0 saturated heterocycles. The molecule has 250 valence electrons. The first-order chi connectivity index (χ1) is 23.8. The molecule has 3 heteroatoms. The Morgan fingerprint density at radius 2 is 0.940 bits per heavy atom. The number of hydrogen-bond acceptors (Lipinski definition) is 0. The van der Waals surface area contributed by atoms with Gasteiger partial charge in [-0.3, -0.25) is 0 Å². The zero-order chi connectivity index (χ0) is 35.1. The van der Waals surface area contributed by atoms with Crippen molar-refractivity contribution in [1.29, 1.82) is 0 Å². The monoisotopic (exact) mass is 858 g/mol. The van der Waals surface area contributed by atoms with Crippen LogP contribution >= 0.6 is 17.2 Å². The third-order valence-electron chi connectivity index (χ3n) is 11.2. The van der Waals surface area contributed by atoms with E-state index in [0.29, 0.717) is 0 Å². The molecule has 0 N–H and O–H groups in total. The SMILES string of the molecule is CC(C)(C)c1ccc2c(c1)-c1cc(C(C)(C)C)ccc1[CH]2[Hf]([Cl])([Cl])(=[C](c1cccc2ccccc12)c1cccc2ccccc12)[CH]1C=CC=C1. The Hall–Kier alpha value is -3.36. The minimum atomic E-state index is -5.76. The van der Waals surface area contributed by atoms with E-state index in [4.69, 9.17) is 17.2 Å². The van der Waals surface area contributed by atoms with Crippen molar-refractivity contribution in [1.82, 2.24) is 0 Å². The average molecular weight is 858 g/mol. The van der Waals surface area contributed by atoms with E-state index in [1.165, 1.54) is 54.9 Å². The Morgan fingerprint density at radius 1 is 0.520 bits per heavy atom. The van der Waals surface area contributed by atoms with E-state index >= 15 is 0 Å². The van der Waals surface area contributed by atoms with Crippen LogP contribution in [0.1, 0.15) is 78.6 Å². The van der Waals surface area contributed by atoms with Gasteiger partial charge in [-0.15, -0.1) is 0 Å². The number of hydrogen-bond donors (Lipinski definition) is 0. The molecule has 0 nitrogen and oxygen atoms in total. The maximum atomic E-state index is 9.00. The molecule has 0 heterocycles. The summed E-state index contributed by atoms with van der Waals surface area (Å²) < 4.78 is 0.856. The summed E-state index contributed by atoms with van der Waals surface area (Å²) in [6.07, 6.45) is 8.88. The number of allylic oxidation sites excluding steroid dienone is 4. The second kappa shape index (κ2) is 11.8. The van der Waals surface area contributed by atoms with Crippen molar-refractivity contribution >= 4 is 42.0 Å². The van der Waals surface area contributed by atoms with Crippen LogP contribution in [0.5, 0.6) is 0 Å². The van der Waals surface area contributed by atoms with Gasteiger partial charge >= 0.3 is 307 Å². The average Bonchev–Trinajstić information content (AvgIpc) is 3.76. The molecule has 0 aromatic heterocycles. The van der Waals surface area contributed by atoms with Gasteiger partial charge in [-0.25, -0.2) is 0 Å². The Bertz CT molecular complexity index is 2310. The van der Waals surface area contributed by atoms with Crippen LogP contribution in [-0.4, -0.2) is 3.26 Å². The van der Waals surface area contributed by atoms with Crippen molar-refractivity contribution in [2.75, 3.05) is 0 Å². The second-order valence-electron chi connectivity index (χ2n) is 16.4. The molecule has 0 unspecified atom stereocenters. The molecular formula is C47H44Cl2Hf. The first-order valence-electron chi connectivity index (χ1n) is 17.8. The zero-order valence-electron chi connectivity index (χ0n) is 29.8. The molecule has 0 saturated carbocycles. The predicted molar refractivity (Wildman–Crippen MR) is 216 cm³/mol. The molecule has 6 aromatic carbocycles. The zero-order valence-corrected chi connectivity index (χ0v) is 34.9. The molecule has 0 spiro atoms. The molecule has 2 aliphatic carbocycles. The predicted octanol–water partition coefficient (Wildman–Crippen LogP) is 13.8. The number of rotatable bonds is 4. The summed E-state index contributed by atoms with van der Waals surface area (Å²) in [5.41, 5.74) is 9.96. The molecule has 6 aromatic rings. The van der Waals surface area contributed by atoms with Crippen LogP contribution in [0.15, 0.2) is 146 Å². The van der Waals surface area contributed by atoms with Crippen LogP contribution in [0.25, 0.3) is 32.7 Å². The van der Waals surface area contributed by atoms with Gasteiger partial charge in [0.05, 0.1) is 0 Å². The fraction of sp³-hybridized carbons (Fsp3) is 0.213. The van der Waals surface area contributed by atoms with Crippen molar-refractivity contribution in [3.63, 3.8) is 0 Å². The Morgan fingerprint density at radius 3 is 1.38 bits per heavy atom. The molecule has 2 aliphatic rings. The van der Waals surface area contributed by atoms with E-state index in [-0.39, 0.29) is 18.2 Å². The second-order valence-corrected chi connectivity index (χ2v) is 45.9. The third kappa shape index (κ3) is 5.22. The molecule has 8 rings (SSSR count). The molecule has 0 bridgehead atoms. The summed E-state index contributed by atoms with van der Waals surface area (Å²) >= 11 is -5.76. The number of fused-ring (bicyclic) bond motifs is 5. The topological polar surface area (TPSA) is 0 Å². The molecule has 0 fully saturated rings. The van der Waals surface area contributed by atoms with Gasteiger partial charge in [-0.2, -0.15) is 0 Å². The summed E-state index contributed by atoms with van der Waals surface area (Å²) in [7, 11) is 18.0. The van der Waals surface area contributed by atoms with Gasteiger partial charge in [0.2, 0.25) is 0 Å². The molecule has 0 aliphatic heterocycles. The van der Waals surface area contributed by atoms with E-state index in [1.807, 2.05) is 0 Å². The van der Waals surface area contributed by atoms with Crippen LogP contribution in [0.4, 0.5) is 0 Å². The van der Waals surface area contributed by atoms with Gasteiger partial charge in [0.25, 0.3) is 0 Å². The first kappa shape index (κ1) is 33.8. The molecule has 0 atom stereocenters. The Kier molecular flexibility index (Phi) is 8.00. The maximum absolute atomic E-state index is 9.00. The van der Waals surface area contributed by atoms with Crippen molar-refractivity contribution < 1.29 is 15.7 Å². The van der Waals surface area contributed by atoms with Crippen molar-refractivity contribution in [3.8, 4) is 11.1 Å². The Labute approximate surface area is 305 Å². The molecule has 0 amide bonds. The summed E-state index contributed by atoms with van der Waals surface area (Å²) in [5.74, 6) is 0. The summed E-state index contributed by atoms with van der Waals surface area (Å²) in [6, 6.07) is 44.9. The van der Waals surface area contributed by atoms with Crippen LogP contribution < -0.4 is 0 Å². The Balaban J connectivity index is 1.61. The van der Waals surface area contributed by atoms with E-state index in [0.717, 1.165) is 14.4 Å². The van der Waals surface area contributed by atoms with E-state index in [9.17, 15) is 0 Å². The van der Waals surface area contributed by atoms with Crippen LogP contribution in [0.3, 0.4) is 0 Å². The van der Waals surface area contributed by atoms with Crippen molar-refractivity contribution in [2.24, 2.45) is 0 Å². The quantitative estimate of drug-likeness (QED) is 0.155. The van der Waals surface area contributed by atoms with Gasteiger partial charge in [0.1, 0.15) is 0 Å². The van der Waals surface area contributed by atoms with Crippen LogP contribution in [0, 0.1) is 0 Å².